The summed E-state index contributed by atoms with van der Waals surface area (Å²) >= 11 is 1.85. The normalized spacial score (nSPS) is 11.8. The van der Waals surface area contributed by atoms with Gasteiger partial charge in [-0.2, -0.15) is 0 Å². The van der Waals surface area contributed by atoms with E-state index in [2.05, 4.69) is 174 Å². The Morgan fingerprint density at radius 2 is 0.889 bits per heavy atom. The van der Waals surface area contributed by atoms with E-state index in [4.69, 9.17) is 19.4 Å². The van der Waals surface area contributed by atoms with E-state index in [9.17, 15) is 0 Å². The van der Waals surface area contributed by atoms with Gasteiger partial charge < -0.3 is 8.98 Å². The van der Waals surface area contributed by atoms with Gasteiger partial charge >= 0.3 is 0 Å². The summed E-state index contributed by atoms with van der Waals surface area (Å²) in [6, 6.07) is 72.7. The molecule has 0 aliphatic carbocycles. The molecule has 0 aliphatic heterocycles. The topological polar surface area (TPSA) is 56.7 Å². The van der Waals surface area contributed by atoms with E-state index >= 15 is 0 Å². The summed E-state index contributed by atoms with van der Waals surface area (Å²) in [6.07, 6.45) is 0. The second kappa shape index (κ2) is 14.2. The van der Waals surface area contributed by atoms with Crippen LogP contribution in [0.3, 0.4) is 0 Å². The molecular formula is C57H34N4OS. The van der Waals surface area contributed by atoms with Crippen molar-refractivity contribution in [2.75, 3.05) is 0 Å². The third-order valence-corrected chi connectivity index (χ3v) is 13.4. The van der Waals surface area contributed by atoms with Crippen molar-refractivity contribution in [1.82, 2.24) is 19.5 Å². The van der Waals surface area contributed by atoms with Gasteiger partial charge in [0.1, 0.15) is 11.2 Å². The van der Waals surface area contributed by atoms with Gasteiger partial charge in [-0.05, 0) is 70.8 Å². The van der Waals surface area contributed by atoms with Gasteiger partial charge in [-0.15, -0.1) is 11.3 Å². The largest absolute Gasteiger partial charge is 0.456 e. The highest BCUT2D eigenvalue weighted by Gasteiger charge is 2.21. The third kappa shape index (κ3) is 5.87. The van der Waals surface area contributed by atoms with Gasteiger partial charge in [0.15, 0.2) is 17.5 Å². The predicted molar refractivity (Wildman–Crippen MR) is 262 cm³/mol. The van der Waals surface area contributed by atoms with Gasteiger partial charge in [-0.1, -0.05) is 158 Å². The van der Waals surface area contributed by atoms with Crippen molar-refractivity contribution < 1.29 is 4.42 Å². The van der Waals surface area contributed by atoms with Crippen molar-refractivity contribution in [1.29, 1.82) is 0 Å². The molecule has 9 aromatic carbocycles. The Morgan fingerprint density at radius 3 is 1.68 bits per heavy atom. The quantitative estimate of drug-likeness (QED) is 0.168. The number of hydrogen-bond donors (Lipinski definition) is 0. The molecule has 0 radical (unpaired) electrons. The molecule has 0 saturated carbocycles. The summed E-state index contributed by atoms with van der Waals surface area (Å²) in [7, 11) is 0. The fourth-order valence-corrected chi connectivity index (χ4v) is 10.5. The summed E-state index contributed by atoms with van der Waals surface area (Å²) in [4.78, 5) is 15.7. The molecule has 0 atom stereocenters. The van der Waals surface area contributed by atoms with Gasteiger partial charge in [0.25, 0.3) is 0 Å². The van der Waals surface area contributed by atoms with E-state index in [1.165, 1.54) is 36.5 Å². The number of benzene rings is 9. The Balaban J connectivity index is 1.08. The zero-order valence-electron chi connectivity index (χ0n) is 33.7. The van der Waals surface area contributed by atoms with Crippen molar-refractivity contribution in [3.8, 4) is 62.1 Å². The van der Waals surface area contributed by atoms with Gasteiger partial charge in [0.2, 0.25) is 0 Å². The predicted octanol–water partition coefficient (Wildman–Crippen LogP) is 15.6. The maximum absolute atomic E-state index is 6.45. The number of hydrogen-bond acceptors (Lipinski definition) is 5. The Hall–Kier alpha value is -8.19. The lowest BCUT2D eigenvalue weighted by atomic mass is 9.99. The fourth-order valence-electron chi connectivity index (χ4n) is 9.23. The van der Waals surface area contributed by atoms with E-state index in [1.807, 2.05) is 47.7 Å². The van der Waals surface area contributed by atoms with E-state index in [0.717, 1.165) is 72.1 Å². The smallest absolute Gasteiger partial charge is 0.164 e. The Morgan fingerprint density at radius 1 is 0.349 bits per heavy atom. The molecule has 63 heavy (non-hydrogen) atoms. The van der Waals surface area contributed by atoms with Crippen molar-refractivity contribution in [2.24, 2.45) is 0 Å². The summed E-state index contributed by atoms with van der Waals surface area (Å²) in [5.74, 6) is 1.81. The molecule has 4 heterocycles. The first-order valence-electron chi connectivity index (χ1n) is 21.1. The van der Waals surface area contributed by atoms with Crippen LogP contribution < -0.4 is 0 Å². The highest BCUT2D eigenvalue weighted by molar-refractivity contribution is 7.26. The lowest BCUT2D eigenvalue weighted by Gasteiger charge is -2.15. The SMILES string of the molecule is c1ccc(-c2ccc(-c3nc(-c4ccccc4)nc(-c4cc(-c5ccc6c(c5)oc5ccccc56)cc(-n5c6ccccc6c6ccc7c8ccccc8sc7c65)c4)n3)cc2)cc1. The molecule has 13 rings (SSSR count). The maximum Gasteiger partial charge on any atom is 0.164 e. The van der Waals surface area contributed by atoms with E-state index < -0.39 is 0 Å². The monoisotopic (exact) mass is 822 g/mol. The summed E-state index contributed by atoms with van der Waals surface area (Å²) in [5, 5.41) is 7.14. The van der Waals surface area contributed by atoms with Crippen LogP contribution in [0.1, 0.15) is 0 Å². The van der Waals surface area contributed by atoms with Gasteiger partial charge in [0.05, 0.1) is 15.7 Å². The minimum Gasteiger partial charge on any atom is -0.456 e. The zero-order chi connectivity index (χ0) is 41.4. The van der Waals surface area contributed by atoms with E-state index in [-0.39, 0.29) is 0 Å². The van der Waals surface area contributed by atoms with Gasteiger partial charge in [-0.3, -0.25) is 0 Å². The van der Waals surface area contributed by atoms with Crippen LogP contribution in [0.25, 0.3) is 126 Å². The number of fused-ring (bicyclic) bond motifs is 10. The summed E-state index contributed by atoms with van der Waals surface area (Å²) in [5.41, 5.74) is 12.1. The zero-order valence-corrected chi connectivity index (χ0v) is 34.6. The molecule has 0 N–H and O–H groups in total. The van der Waals surface area contributed by atoms with Crippen LogP contribution in [0.2, 0.25) is 0 Å². The molecule has 0 saturated heterocycles. The number of para-hydroxylation sites is 2. The molecule has 0 amide bonds. The highest BCUT2D eigenvalue weighted by atomic mass is 32.1. The molecule has 6 heteroatoms. The highest BCUT2D eigenvalue weighted by Crippen LogP contribution is 2.44. The summed E-state index contributed by atoms with van der Waals surface area (Å²) < 4.78 is 11.4. The van der Waals surface area contributed by atoms with Crippen molar-refractivity contribution >= 4 is 75.3 Å². The van der Waals surface area contributed by atoms with E-state index in [0.29, 0.717) is 17.5 Å². The molecule has 5 nitrogen and oxygen atoms in total. The Kier molecular flexibility index (Phi) is 8.01. The van der Waals surface area contributed by atoms with Crippen LogP contribution in [0.15, 0.2) is 211 Å². The van der Waals surface area contributed by atoms with Crippen LogP contribution in [-0.2, 0) is 0 Å². The molecule has 0 spiro atoms. The molecule has 4 aromatic heterocycles. The lowest BCUT2D eigenvalue weighted by molar-refractivity contribution is 0.669. The van der Waals surface area contributed by atoms with Gasteiger partial charge in [0, 0.05) is 59.4 Å². The standard InChI is InChI=1S/C57H34N4OS/c1-3-13-35(14-4-1)36-23-25-38(26-24-36)56-58-55(37-15-5-2-6-16-37)59-57(60-56)41-31-40(39-27-28-45-44-18-8-11-21-50(44)62-51(45)34-39)32-42(33-41)61-49-20-10-7-17-43(49)47-29-30-48-46-19-9-12-22-52(46)63-54(48)53(47)61/h1-34H. The maximum atomic E-state index is 6.45. The lowest BCUT2D eigenvalue weighted by Crippen LogP contribution is -2.02. The van der Waals surface area contributed by atoms with Crippen LogP contribution in [0.5, 0.6) is 0 Å². The first-order chi connectivity index (χ1) is 31.2. The number of nitrogens with zero attached hydrogens (tertiary/aromatic N) is 4. The Labute approximate surface area is 365 Å². The number of thiophene rings is 1. The Bertz CT molecular complexity index is 3900. The second-order valence-electron chi connectivity index (χ2n) is 16.0. The van der Waals surface area contributed by atoms with Gasteiger partial charge in [-0.25, -0.2) is 15.0 Å². The van der Waals surface area contributed by atoms with Crippen LogP contribution in [-0.4, -0.2) is 19.5 Å². The number of furan rings is 1. The van der Waals surface area contributed by atoms with Crippen LogP contribution in [0, 0.1) is 0 Å². The molecule has 0 aliphatic rings. The van der Waals surface area contributed by atoms with Crippen LogP contribution in [0.4, 0.5) is 0 Å². The van der Waals surface area contributed by atoms with Crippen molar-refractivity contribution in [2.45, 2.75) is 0 Å². The average Bonchev–Trinajstić information content (AvgIpc) is 4.04. The third-order valence-electron chi connectivity index (χ3n) is 12.2. The first kappa shape index (κ1) is 35.6. The minimum atomic E-state index is 0.590. The molecular weight excluding hydrogens is 789 g/mol. The molecule has 294 valence electrons. The molecule has 0 bridgehead atoms. The summed E-state index contributed by atoms with van der Waals surface area (Å²) in [6.45, 7) is 0. The first-order valence-corrected chi connectivity index (χ1v) is 21.9. The number of rotatable bonds is 6. The second-order valence-corrected chi connectivity index (χ2v) is 17.0. The fraction of sp³-hybridized carbons (Fsp3) is 0. The molecule has 0 unspecified atom stereocenters. The minimum absolute atomic E-state index is 0.590. The number of aromatic nitrogens is 4. The average molecular weight is 823 g/mol. The van der Waals surface area contributed by atoms with E-state index in [1.54, 1.807) is 0 Å². The molecule has 0 fully saturated rings. The van der Waals surface area contributed by atoms with Crippen molar-refractivity contribution in [3.05, 3.63) is 206 Å². The van der Waals surface area contributed by atoms with Crippen molar-refractivity contribution in [3.63, 3.8) is 0 Å². The molecule has 13 aromatic rings. The van der Waals surface area contributed by atoms with Crippen LogP contribution >= 0.6 is 11.3 Å².